The first-order valence-corrected chi connectivity index (χ1v) is 6.59. The third-order valence-corrected chi connectivity index (χ3v) is 4.38. The largest absolute Gasteiger partial charge is 0.284 e. The molecule has 1 rings (SSSR count). The second-order valence-corrected chi connectivity index (χ2v) is 5.63. The number of rotatable bonds is 4. The van der Waals surface area contributed by atoms with Crippen LogP contribution >= 0.6 is 0 Å². The Bertz CT molecular complexity index is 479. The van der Waals surface area contributed by atoms with Crippen molar-refractivity contribution in [2.45, 2.75) is 31.1 Å². The summed E-state index contributed by atoms with van der Waals surface area (Å²) in [6.07, 6.45) is -0.0764. The Morgan fingerprint density at radius 3 is 2.53 bits per heavy atom. The van der Waals surface area contributed by atoms with Crippen molar-refractivity contribution in [3.05, 3.63) is 0 Å². The van der Waals surface area contributed by atoms with E-state index < -0.39 is 33.1 Å². The highest BCUT2D eigenvalue weighted by molar-refractivity contribution is 7.90. The Hall–Kier alpha value is -1.46. The first-order chi connectivity index (χ1) is 7.83. The fourth-order valence-electron chi connectivity index (χ4n) is 1.51. The molecule has 1 fully saturated rings. The summed E-state index contributed by atoms with van der Waals surface area (Å²) in [5.41, 5.74) is 0. The van der Waals surface area contributed by atoms with Crippen molar-refractivity contribution in [2.75, 3.05) is 7.05 Å². The summed E-state index contributed by atoms with van der Waals surface area (Å²) >= 11 is 0. The lowest BCUT2D eigenvalue weighted by molar-refractivity contribution is -0.137. The Morgan fingerprint density at radius 2 is 2.18 bits per heavy atom. The van der Waals surface area contributed by atoms with E-state index in [9.17, 15) is 18.0 Å². The average Bonchev–Trinajstić information content (AvgIpc) is 2.47. The summed E-state index contributed by atoms with van der Waals surface area (Å²) in [7, 11) is -2.60. The van der Waals surface area contributed by atoms with Crippen molar-refractivity contribution < 1.29 is 18.0 Å². The van der Waals surface area contributed by atoms with Gasteiger partial charge in [0, 0.05) is 7.05 Å². The van der Waals surface area contributed by atoms with Gasteiger partial charge in [-0.15, -0.1) is 0 Å². The summed E-state index contributed by atoms with van der Waals surface area (Å²) in [6, 6.07) is 0.559. The summed E-state index contributed by atoms with van der Waals surface area (Å²) in [5, 5.41) is 7.46. The molecular weight excluding hydrogens is 246 g/mol. The van der Waals surface area contributed by atoms with Gasteiger partial charge in [-0.1, -0.05) is 6.92 Å². The highest BCUT2D eigenvalue weighted by Gasteiger charge is 2.39. The molecule has 0 bridgehead atoms. The second-order valence-electron chi connectivity index (χ2n) is 3.74. The quantitative estimate of drug-likeness (QED) is 0.649. The minimum atomic E-state index is -3.90. The van der Waals surface area contributed by atoms with Crippen molar-refractivity contribution in [3.8, 4) is 6.07 Å². The van der Waals surface area contributed by atoms with Crippen molar-refractivity contribution in [1.29, 1.82) is 5.26 Å². The van der Waals surface area contributed by atoms with Crippen LogP contribution in [0.4, 0.5) is 0 Å². The van der Waals surface area contributed by atoms with Crippen LogP contribution in [0.15, 0.2) is 0 Å². The fraction of sp³-hybridized carbons (Fsp3) is 0.667. The number of hydrogen-bond donors (Lipinski definition) is 1. The number of sulfonamides is 1. The zero-order valence-corrected chi connectivity index (χ0v) is 10.3. The SMILES string of the molecule is CCC(C#N)S(=O)(=O)NC1CC(=O)N(C)C1=O. The normalized spacial score (nSPS) is 22.6. The van der Waals surface area contributed by atoms with Crippen LogP contribution in [0.3, 0.4) is 0 Å². The van der Waals surface area contributed by atoms with Gasteiger partial charge >= 0.3 is 0 Å². The molecule has 1 heterocycles. The van der Waals surface area contributed by atoms with E-state index in [0.717, 1.165) is 4.90 Å². The predicted octanol–water partition coefficient (Wildman–Crippen LogP) is -1.03. The molecule has 0 aliphatic carbocycles. The molecule has 0 saturated carbocycles. The number of amides is 2. The first-order valence-electron chi connectivity index (χ1n) is 5.04. The molecule has 2 atom stereocenters. The number of carbonyl (C=O) groups is 2. The monoisotopic (exact) mass is 259 g/mol. The maximum Gasteiger partial charge on any atom is 0.247 e. The molecule has 2 amide bonds. The van der Waals surface area contributed by atoms with Crippen molar-refractivity contribution in [2.24, 2.45) is 0 Å². The highest BCUT2D eigenvalue weighted by Crippen LogP contribution is 2.13. The Morgan fingerprint density at radius 1 is 1.59 bits per heavy atom. The average molecular weight is 259 g/mol. The van der Waals surface area contributed by atoms with Gasteiger partial charge in [-0.3, -0.25) is 14.5 Å². The topological polar surface area (TPSA) is 107 Å². The highest BCUT2D eigenvalue weighted by atomic mass is 32.2. The van der Waals surface area contributed by atoms with Crippen LogP contribution in [0.5, 0.6) is 0 Å². The summed E-state index contributed by atoms with van der Waals surface area (Å²) < 4.78 is 25.5. The van der Waals surface area contributed by atoms with Gasteiger partial charge in [-0.2, -0.15) is 5.26 Å². The zero-order chi connectivity index (χ0) is 13.2. The summed E-state index contributed by atoms with van der Waals surface area (Å²) in [6.45, 7) is 1.56. The van der Waals surface area contributed by atoms with E-state index in [4.69, 9.17) is 5.26 Å². The van der Waals surface area contributed by atoms with Crippen molar-refractivity contribution in [1.82, 2.24) is 9.62 Å². The molecule has 0 radical (unpaired) electrons. The van der Waals surface area contributed by atoms with Crippen LogP contribution in [0, 0.1) is 11.3 Å². The minimum absolute atomic E-state index is 0.122. The van der Waals surface area contributed by atoms with E-state index >= 15 is 0 Å². The van der Waals surface area contributed by atoms with Crippen LogP contribution in [-0.4, -0.2) is 43.5 Å². The van der Waals surface area contributed by atoms with Crippen molar-refractivity contribution >= 4 is 21.8 Å². The maximum absolute atomic E-state index is 11.7. The zero-order valence-electron chi connectivity index (χ0n) is 9.50. The molecule has 1 N–H and O–H groups in total. The van der Waals surface area contributed by atoms with Crippen molar-refractivity contribution in [3.63, 3.8) is 0 Å². The lowest BCUT2D eigenvalue weighted by Gasteiger charge is -2.13. The van der Waals surface area contributed by atoms with Gasteiger partial charge in [-0.25, -0.2) is 13.1 Å². The third-order valence-electron chi connectivity index (χ3n) is 2.58. The molecule has 0 spiro atoms. The first kappa shape index (κ1) is 13.6. The van der Waals surface area contributed by atoms with E-state index in [1.807, 2.05) is 0 Å². The molecule has 17 heavy (non-hydrogen) atoms. The molecule has 0 aromatic carbocycles. The molecule has 1 saturated heterocycles. The molecule has 8 heteroatoms. The van der Waals surface area contributed by atoms with Crippen LogP contribution in [0.2, 0.25) is 0 Å². The van der Waals surface area contributed by atoms with E-state index in [-0.39, 0.29) is 12.8 Å². The summed E-state index contributed by atoms with van der Waals surface area (Å²) in [5.74, 6) is -1.03. The van der Waals surface area contributed by atoms with Gasteiger partial charge in [-0.05, 0) is 6.42 Å². The third kappa shape index (κ3) is 2.62. The van der Waals surface area contributed by atoms with E-state index in [1.165, 1.54) is 7.05 Å². The number of likely N-dealkylation sites (N-methyl/N-ethyl adjacent to an activating group) is 1. The number of likely N-dealkylation sites (tertiary alicyclic amines) is 1. The number of carbonyl (C=O) groups excluding carboxylic acids is 2. The standard InChI is InChI=1S/C9H13N3O4S/c1-3-6(5-10)17(15,16)11-7-4-8(13)12(2)9(7)14/h6-7,11H,3-4H2,1-2H3. The van der Waals surface area contributed by atoms with Crippen LogP contribution < -0.4 is 4.72 Å². The van der Waals surface area contributed by atoms with Gasteiger partial charge in [0.05, 0.1) is 12.5 Å². The lowest BCUT2D eigenvalue weighted by atomic mass is 10.3. The van der Waals surface area contributed by atoms with Crippen LogP contribution in [0.1, 0.15) is 19.8 Å². The second kappa shape index (κ2) is 4.81. The van der Waals surface area contributed by atoms with Gasteiger partial charge in [0.2, 0.25) is 21.8 Å². The van der Waals surface area contributed by atoms with Gasteiger partial charge in [0.1, 0.15) is 6.04 Å². The Balaban J connectivity index is 2.84. The molecule has 1 aliphatic heterocycles. The number of imide groups is 1. The van der Waals surface area contributed by atoms with Crippen LogP contribution in [0.25, 0.3) is 0 Å². The van der Waals surface area contributed by atoms with E-state index in [2.05, 4.69) is 4.72 Å². The molecule has 1 aliphatic rings. The Labute approximate surface area is 99.4 Å². The fourth-order valence-corrected chi connectivity index (χ4v) is 2.83. The molecule has 0 aromatic heterocycles. The number of nitriles is 1. The summed E-state index contributed by atoms with van der Waals surface area (Å²) in [4.78, 5) is 23.6. The number of nitrogens with zero attached hydrogens (tertiary/aromatic N) is 2. The van der Waals surface area contributed by atoms with E-state index in [1.54, 1.807) is 13.0 Å². The number of hydrogen-bond acceptors (Lipinski definition) is 5. The predicted molar refractivity (Wildman–Crippen MR) is 57.9 cm³/mol. The van der Waals surface area contributed by atoms with Gasteiger partial charge in [0.25, 0.3) is 0 Å². The molecular formula is C9H13N3O4S. The van der Waals surface area contributed by atoms with E-state index in [0.29, 0.717) is 0 Å². The lowest BCUT2D eigenvalue weighted by Crippen LogP contribution is -2.44. The molecule has 94 valence electrons. The van der Waals surface area contributed by atoms with Crippen LogP contribution in [-0.2, 0) is 19.6 Å². The minimum Gasteiger partial charge on any atom is -0.284 e. The Kier molecular flexibility index (Phi) is 3.85. The molecule has 0 aromatic rings. The smallest absolute Gasteiger partial charge is 0.247 e. The molecule has 7 nitrogen and oxygen atoms in total. The molecule has 2 unspecified atom stereocenters. The number of nitrogens with one attached hydrogen (secondary N) is 1. The van der Waals surface area contributed by atoms with Gasteiger partial charge < -0.3 is 0 Å². The van der Waals surface area contributed by atoms with Gasteiger partial charge in [0.15, 0.2) is 5.25 Å². The maximum atomic E-state index is 11.7.